The molecule has 0 bridgehead atoms. The van der Waals surface area contributed by atoms with E-state index in [2.05, 4.69) is 44.2 Å². The first kappa shape index (κ1) is 8.32. The predicted molar refractivity (Wildman–Crippen MR) is 50.4 cm³/mol. The highest BCUT2D eigenvalue weighted by Gasteiger charge is 1.97. The van der Waals surface area contributed by atoms with Gasteiger partial charge in [0.05, 0.1) is 0 Å². The third-order valence-electron chi connectivity index (χ3n) is 1.91. The van der Waals surface area contributed by atoms with Gasteiger partial charge in [0, 0.05) is 0 Å². The summed E-state index contributed by atoms with van der Waals surface area (Å²) in [5, 5.41) is 0. The zero-order chi connectivity index (χ0) is 8.10. The van der Waals surface area contributed by atoms with Crippen LogP contribution in [0.5, 0.6) is 0 Å². The monoisotopic (exact) mass is 148 g/mol. The van der Waals surface area contributed by atoms with E-state index >= 15 is 0 Å². The Bertz CT molecular complexity index is 192. The Hall–Kier alpha value is -0.780. The fourth-order valence-corrected chi connectivity index (χ4v) is 1.18. The van der Waals surface area contributed by atoms with E-state index < -0.39 is 0 Å². The van der Waals surface area contributed by atoms with Crippen LogP contribution in [0.1, 0.15) is 26.7 Å². The maximum Gasteiger partial charge on any atom is -0.0163 e. The molecule has 60 valence electrons. The van der Waals surface area contributed by atoms with Crippen molar-refractivity contribution >= 4 is 0 Å². The van der Waals surface area contributed by atoms with Crippen molar-refractivity contribution in [1.82, 2.24) is 0 Å². The SMILES string of the molecule is CC(C)C1=CC/C=C\CC=C1. The third-order valence-corrected chi connectivity index (χ3v) is 1.91. The maximum atomic E-state index is 2.30. The molecular weight excluding hydrogens is 132 g/mol. The Balaban J connectivity index is 2.69. The van der Waals surface area contributed by atoms with Gasteiger partial charge >= 0.3 is 0 Å². The van der Waals surface area contributed by atoms with Crippen molar-refractivity contribution in [1.29, 1.82) is 0 Å². The van der Waals surface area contributed by atoms with Gasteiger partial charge in [-0.15, -0.1) is 0 Å². The van der Waals surface area contributed by atoms with Crippen molar-refractivity contribution < 1.29 is 0 Å². The van der Waals surface area contributed by atoms with Gasteiger partial charge in [0.25, 0.3) is 0 Å². The Morgan fingerprint density at radius 2 is 1.82 bits per heavy atom. The van der Waals surface area contributed by atoms with Gasteiger partial charge in [-0.25, -0.2) is 0 Å². The van der Waals surface area contributed by atoms with Crippen LogP contribution in [0.4, 0.5) is 0 Å². The molecule has 1 aliphatic carbocycles. The summed E-state index contributed by atoms with van der Waals surface area (Å²) in [7, 11) is 0. The molecule has 0 saturated heterocycles. The van der Waals surface area contributed by atoms with Crippen molar-refractivity contribution in [3.63, 3.8) is 0 Å². The third kappa shape index (κ3) is 2.75. The van der Waals surface area contributed by atoms with Crippen LogP contribution >= 0.6 is 0 Å². The molecule has 0 aromatic carbocycles. The molecular formula is C11H16. The first-order chi connectivity index (χ1) is 5.30. The van der Waals surface area contributed by atoms with Crippen LogP contribution in [0.25, 0.3) is 0 Å². The lowest BCUT2D eigenvalue weighted by atomic mass is 10.00. The second kappa shape index (κ2) is 4.17. The molecule has 0 fully saturated rings. The van der Waals surface area contributed by atoms with E-state index in [4.69, 9.17) is 0 Å². The van der Waals surface area contributed by atoms with Crippen LogP contribution in [0.3, 0.4) is 0 Å². The van der Waals surface area contributed by atoms with Crippen molar-refractivity contribution in [2.45, 2.75) is 26.7 Å². The molecule has 0 nitrogen and oxygen atoms in total. The summed E-state index contributed by atoms with van der Waals surface area (Å²) >= 11 is 0. The van der Waals surface area contributed by atoms with Gasteiger partial charge in [-0.05, 0) is 24.3 Å². The van der Waals surface area contributed by atoms with E-state index in [1.54, 1.807) is 0 Å². The fraction of sp³-hybridized carbons (Fsp3) is 0.455. The molecule has 0 aliphatic heterocycles. The maximum absolute atomic E-state index is 2.30. The summed E-state index contributed by atoms with van der Waals surface area (Å²) in [4.78, 5) is 0. The van der Waals surface area contributed by atoms with Gasteiger partial charge in [0.15, 0.2) is 0 Å². The van der Waals surface area contributed by atoms with E-state index in [0.717, 1.165) is 12.8 Å². The molecule has 0 spiro atoms. The zero-order valence-electron chi connectivity index (χ0n) is 7.38. The predicted octanol–water partition coefficient (Wildman–Crippen LogP) is 3.48. The number of rotatable bonds is 1. The van der Waals surface area contributed by atoms with Gasteiger partial charge in [-0.1, -0.05) is 44.2 Å². The highest BCUT2D eigenvalue weighted by atomic mass is 14.0. The summed E-state index contributed by atoms with van der Waals surface area (Å²) < 4.78 is 0. The second-order valence-electron chi connectivity index (χ2n) is 3.20. The lowest BCUT2D eigenvalue weighted by molar-refractivity contribution is 0.786. The van der Waals surface area contributed by atoms with Crippen LogP contribution in [0.15, 0.2) is 36.0 Å². The average Bonchev–Trinajstić information content (AvgIpc) is 1.84. The molecule has 0 radical (unpaired) electrons. The van der Waals surface area contributed by atoms with Crippen molar-refractivity contribution in [2.24, 2.45) is 5.92 Å². The molecule has 0 heterocycles. The smallest absolute Gasteiger partial charge is 0.0163 e. The van der Waals surface area contributed by atoms with Gasteiger partial charge in [0.2, 0.25) is 0 Å². The molecule has 1 rings (SSSR count). The van der Waals surface area contributed by atoms with E-state index in [1.807, 2.05) is 0 Å². The van der Waals surface area contributed by atoms with Gasteiger partial charge in [-0.3, -0.25) is 0 Å². The van der Waals surface area contributed by atoms with Crippen LogP contribution in [-0.2, 0) is 0 Å². The molecule has 0 heteroatoms. The minimum atomic E-state index is 0.665. The van der Waals surface area contributed by atoms with Crippen LogP contribution < -0.4 is 0 Å². The van der Waals surface area contributed by atoms with Gasteiger partial charge in [0.1, 0.15) is 0 Å². The minimum Gasteiger partial charge on any atom is -0.0844 e. The summed E-state index contributed by atoms with van der Waals surface area (Å²) in [6, 6.07) is 0. The van der Waals surface area contributed by atoms with Crippen LogP contribution in [-0.4, -0.2) is 0 Å². The van der Waals surface area contributed by atoms with Crippen molar-refractivity contribution in [2.75, 3.05) is 0 Å². The molecule has 1 aliphatic rings. The Morgan fingerprint density at radius 1 is 1.09 bits per heavy atom. The molecule has 0 saturated carbocycles. The van der Waals surface area contributed by atoms with E-state index in [1.165, 1.54) is 5.57 Å². The molecule has 0 unspecified atom stereocenters. The zero-order valence-corrected chi connectivity index (χ0v) is 7.38. The standard InChI is InChI=1S/C11H16/c1-10(2)11-8-6-4-3-5-7-9-11/h3-4,7-10H,5-6H2,1-2H3/b4-3-,9-7?,11-8?. The summed E-state index contributed by atoms with van der Waals surface area (Å²) in [6.07, 6.45) is 13.4. The van der Waals surface area contributed by atoms with E-state index in [-0.39, 0.29) is 0 Å². The molecule has 0 N–H and O–H groups in total. The van der Waals surface area contributed by atoms with Crippen molar-refractivity contribution in [3.8, 4) is 0 Å². The van der Waals surface area contributed by atoms with Gasteiger partial charge < -0.3 is 0 Å². The minimum absolute atomic E-state index is 0.665. The largest absolute Gasteiger partial charge is 0.0844 e. The lowest BCUT2D eigenvalue weighted by Crippen LogP contribution is -1.90. The molecule has 0 aromatic rings. The number of hydrogen-bond donors (Lipinski definition) is 0. The van der Waals surface area contributed by atoms with E-state index in [0.29, 0.717) is 5.92 Å². The van der Waals surface area contributed by atoms with Crippen molar-refractivity contribution in [3.05, 3.63) is 36.0 Å². The Morgan fingerprint density at radius 3 is 2.55 bits per heavy atom. The quantitative estimate of drug-likeness (QED) is 0.499. The highest BCUT2D eigenvalue weighted by molar-refractivity contribution is 5.23. The van der Waals surface area contributed by atoms with Gasteiger partial charge in [-0.2, -0.15) is 0 Å². The first-order valence-corrected chi connectivity index (χ1v) is 4.32. The topological polar surface area (TPSA) is 0 Å². The number of allylic oxidation sites excluding steroid dienone is 6. The second-order valence-corrected chi connectivity index (χ2v) is 3.20. The average molecular weight is 148 g/mol. The Kier molecular flexibility index (Phi) is 3.15. The van der Waals surface area contributed by atoms with Crippen LogP contribution in [0, 0.1) is 5.92 Å². The fourth-order valence-electron chi connectivity index (χ4n) is 1.18. The molecule has 11 heavy (non-hydrogen) atoms. The molecule has 0 amide bonds. The van der Waals surface area contributed by atoms with Crippen LogP contribution in [0.2, 0.25) is 0 Å². The Labute approximate surface area is 69.3 Å². The normalized spacial score (nSPS) is 20.8. The molecule has 0 aromatic heterocycles. The summed E-state index contributed by atoms with van der Waals surface area (Å²) in [5.74, 6) is 0.665. The lowest BCUT2D eigenvalue weighted by Gasteiger charge is -2.06. The summed E-state index contributed by atoms with van der Waals surface area (Å²) in [5.41, 5.74) is 1.47. The van der Waals surface area contributed by atoms with E-state index in [9.17, 15) is 0 Å². The molecule has 0 atom stereocenters. The number of hydrogen-bond acceptors (Lipinski definition) is 0. The first-order valence-electron chi connectivity index (χ1n) is 4.32. The summed E-state index contributed by atoms with van der Waals surface area (Å²) in [6.45, 7) is 4.48. The highest BCUT2D eigenvalue weighted by Crippen LogP contribution is 2.14.